The third-order valence-corrected chi connectivity index (χ3v) is 7.06. The SMILES string of the molecule is CCOc1ccc2nc(N(Cc3ccccc3)C(=O)CCCSc3ccccc3)sc2c1. The minimum absolute atomic E-state index is 0.103. The molecule has 164 valence electrons. The van der Waals surface area contributed by atoms with Crippen LogP contribution in [0.5, 0.6) is 5.75 Å². The number of rotatable bonds is 10. The van der Waals surface area contributed by atoms with Gasteiger partial charge in [0.25, 0.3) is 0 Å². The first kappa shape index (κ1) is 22.4. The molecule has 0 fully saturated rings. The second-order valence-electron chi connectivity index (χ2n) is 7.29. The van der Waals surface area contributed by atoms with Gasteiger partial charge in [0, 0.05) is 11.3 Å². The number of fused-ring (bicyclic) bond motifs is 1. The van der Waals surface area contributed by atoms with Gasteiger partial charge in [-0.1, -0.05) is 59.9 Å². The molecule has 32 heavy (non-hydrogen) atoms. The molecule has 1 heterocycles. The zero-order chi connectivity index (χ0) is 22.2. The zero-order valence-corrected chi connectivity index (χ0v) is 19.7. The Labute approximate surface area is 197 Å². The van der Waals surface area contributed by atoms with E-state index in [1.165, 1.54) is 16.2 Å². The van der Waals surface area contributed by atoms with Crippen LogP contribution in [0, 0.1) is 0 Å². The molecule has 0 spiro atoms. The van der Waals surface area contributed by atoms with Gasteiger partial charge in [-0.15, -0.1) is 11.8 Å². The average molecular weight is 463 g/mol. The molecule has 0 aliphatic heterocycles. The molecular formula is C26H26N2O2S2. The van der Waals surface area contributed by atoms with Crippen molar-refractivity contribution < 1.29 is 9.53 Å². The van der Waals surface area contributed by atoms with Gasteiger partial charge < -0.3 is 4.74 Å². The largest absolute Gasteiger partial charge is 0.494 e. The molecule has 4 rings (SSSR count). The standard InChI is InChI=1S/C26H26N2O2S2/c1-2-30-21-15-16-23-24(18-21)32-26(27-23)28(19-20-10-5-3-6-11-20)25(29)14-9-17-31-22-12-7-4-8-13-22/h3-8,10-13,15-16,18H,2,9,14,17,19H2,1H3. The van der Waals surface area contributed by atoms with E-state index in [1.807, 2.05) is 78.6 Å². The van der Waals surface area contributed by atoms with Crippen LogP contribution in [0.3, 0.4) is 0 Å². The fourth-order valence-corrected chi connectivity index (χ4v) is 5.24. The molecule has 0 aliphatic carbocycles. The molecule has 0 N–H and O–H groups in total. The van der Waals surface area contributed by atoms with E-state index in [1.54, 1.807) is 11.8 Å². The average Bonchev–Trinajstić information content (AvgIpc) is 3.25. The molecule has 0 unspecified atom stereocenters. The number of amides is 1. The highest BCUT2D eigenvalue weighted by Gasteiger charge is 2.20. The van der Waals surface area contributed by atoms with E-state index in [2.05, 4.69) is 12.1 Å². The van der Waals surface area contributed by atoms with Crippen molar-refractivity contribution in [3.05, 3.63) is 84.4 Å². The molecule has 0 radical (unpaired) electrons. The molecule has 0 aliphatic rings. The van der Waals surface area contributed by atoms with Gasteiger partial charge in [0.1, 0.15) is 5.75 Å². The lowest BCUT2D eigenvalue weighted by molar-refractivity contribution is -0.118. The summed E-state index contributed by atoms with van der Waals surface area (Å²) in [6.45, 7) is 3.11. The molecule has 6 heteroatoms. The second-order valence-corrected chi connectivity index (χ2v) is 9.47. The number of hydrogen-bond acceptors (Lipinski definition) is 5. The second kappa shape index (κ2) is 11.2. The van der Waals surface area contributed by atoms with Crippen LogP contribution in [0.25, 0.3) is 10.2 Å². The Kier molecular flexibility index (Phi) is 7.80. The van der Waals surface area contributed by atoms with E-state index in [9.17, 15) is 4.79 Å². The molecule has 0 saturated carbocycles. The number of thiazole rings is 1. The van der Waals surface area contributed by atoms with Crippen molar-refractivity contribution in [3.63, 3.8) is 0 Å². The first-order valence-electron chi connectivity index (χ1n) is 10.8. The predicted molar refractivity (Wildman–Crippen MR) is 135 cm³/mol. The number of anilines is 1. The Morgan fingerprint density at radius 2 is 1.78 bits per heavy atom. The van der Waals surface area contributed by atoms with Crippen molar-refractivity contribution in [3.8, 4) is 5.75 Å². The number of thioether (sulfide) groups is 1. The molecule has 1 aromatic heterocycles. The molecule has 0 bridgehead atoms. The Morgan fingerprint density at radius 3 is 2.53 bits per heavy atom. The van der Waals surface area contributed by atoms with Crippen molar-refractivity contribution in [1.29, 1.82) is 0 Å². The van der Waals surface area contributed by atoms with Gasteiger partial charge in [0.15, 0.2) is 5.13 Å². The van der Waals surface area contributed by atoms with E-state index in [4.69, 9.17) is 9.72 Å². The zero-order valence-electron chi connectivity index (χ0n) is 18.1. The van der Waals surface area contributed by atoms with Crippen LogP contribution in [0.15, 0.2) is 83.8 Å². The van der Waals surface area contributed by atoms with Gasteiger partial charge in [0.2, 0.25) is 5.91 Å². The summed E-state index contributed by atoms with van der Waals surface area (Å²) in [6, 6.07) is 26.3. The summed E-state index contributed by atoms with van der Waals surface area (Å²) >= 11 is 3.32. The van der Waals surface area contributed by atoms with E-state index >= 15 is 0 Å². The molecular weight excluding hydrogens is 436 g/mol. The smallest absolute Gasteiger partial charge is 0.229 e. The first-order chi connectivity index (χ1) is 15.7. The lowest BCUT2D eigenvalue weighted by Crippen LogP contribution is -2.30. The Morgan fingerprint density at radius 1 is 1.03 bits per heavy atom. The van der Waals surface area contributed by atoms with Crippen molar-refractivity contribution in [2.24, 2.45) is 0 Å². The normalized spacial score (nSPS) is 10.9. The highest BCUT2D eigenvalue weighted by molar-refractivity contribution is 7.99. The summed E-state index contributed by atoms with van der Waals surface area (Å²) in [4.78, 5) is 21.1. The quantitative estimate of drug-likeness (QED) is 0.192. The van der Waals surface area contributed by atoms with E-state index in [-0.39, 0.29) is 5.91 Å². The maximum Gasteiger partial charge on any atom is 0.229 e. The summed E-state index contributed by atoms with van der Waals surface area (Å²) in [7, 11) is 0. The van der Waals surface area contributed by atoms with Crippen molar-refractivity contribution in [2.75, 3.05) is 17.3 Å². The molecule has 0 saturated heterocycles. The fraction of sp³-hybridized carbons (Fsp3) is 0.231. The number of ether oxygens (including phenoxy) is 1. The molecule has 0 atom stereocenters. The van der Waals surface area contributed by atoms with Gasteiger partial charge in [-0.2, -0.15) is 0 Å². The molecule has 3 aromatic carbocycles. The number of nitrogens with zero attached hydrogens (tertiary/aromatic N) is 2. The number of aromatic nitrogens is 1. The summed E-state index contributed by atoms with van der Waals surface area (Å²) in [6.07, 6.45) is 1.32. The van der Waals surface area contributed by atoms with Gasteiger partial charge in [-0.3, -0.25) is 9.69 Å². The van der Waals surface area contributed by atoms with Crippen LogP contribution >= 0.6 is 23.1 Å². The van der Waals surface area contributed by atoms with Crippen LogP contribution < -0.4 is 9.64 Å². The highest BCUT2D eigenvalue weighted by Crippen LogP contribution is 2.33. The van der Waals surface area contributed by atoms with Crippen LogP contribution in [0.4, 0.5) is 5.13 Å². The topological polar surface area (TPSA) is 42.4 Å². The van der Waals surface area contributed by atoms with Crippen LogP contribution in [0.2, 0.25) is 0 Å². The molecule has 4 nitrogen and oxygen atoms in total. The Balaban J connectivity index is 1.49. The highest BCUT2D eigenvalue weighted by atomic mass is 32.2. The summed E-state index contributed by atoms with van der Waals surface area (Å²) in [5, 5.41) is 0.734. The van der Waals surface area contributed by atoms with Gasteiger partial charge in [0.05, 0.1) is 23.4 Å². The van der Waals surface area contributed by atoms with Crippen molar-refractivity contribution in [2.45, 2.75) is 31.2 Å². The maximum absolute atomic E-state index is 13.3. The Hall–Kier alpha value is -2.83. The van der Waals surface area contributed by atoms with Gasteiger partial charge in [-0.05, 0) is 55.0 Å². The Bertz CT molecular complexity index is 1150. The number of carbonyl (C=O) groups is 1. The third kappa shape index (κ3) is 5.90. The van der Waals surface area contributed by atoms with Crippen LogP contribution in [-0.2, 0) is 11.3 Å². The van der Waals surface area contributed by atoms with Crippen molar-refractivity contribution in [1.82, 2.24) is 4.98 Å². The van der Waals surface area contributed by atoms with Crippen LogP contribution in [0.1, 0.15) is 25.3 Å². The first-order valence-corrected chi connectivity index (χ1v) is 12.6. The molecule has 4 aromatic rings. The maximum atomic E-state index is 13.3. The molecule has 1 amide bonds. The fourth-order valence-electron chi connectivity index (χ4n) is 3.36. The summed E-state index contributed by atoms with van der Waals surface area (Å²) in [5.74, 6) is 1.84. The van der Waals surface area contributed by atoms with Gasteiger partial charge >= 0.3 is 0 Å². The lowest BCUT2D eigenvalue weighted by atomic mass is 10.2. The van der Waals surface area contributed by atoms with E-state index in [0.717, 1.165) is 38.8 Å². The van der Waals surface area contributed by atoms with Crippen LogP contribution in [-0.4, -0.2) is 23.3 Å². The number of benzene rings is 3. The summed E-state index contributed by atoms with van der Waals surface area (Å²) in [5.41, 5.74) is 1.98. The minimum atomic E-state index is 0.103. The van der Waals surface area contributed by atoms with E-state index in [0.29, 0.717) is 19.6 Å². The number of carbonyl (C=O) groups excluding carboxylic acids is 1. The van der Waals surface area contributed by atoms with E-state index < -0.39 is 0 Å². The lowest BCUT2D eigenvalue weighted by Gasteiger charge is -2.20. The third-order valence-electron chi connectivity index (χ3n) is 4.92. The minimum Gasteiger partial charge on any atom is -0.494 e. The van der Waals surface area contributed by atoms with Crippen molar-refractivity contribution >= 4 is 44.4 Å². The number of hydrogen-bond donors (Lipinski definition) is 0. The summed E-state index contributed by atoms with van der Waals surface area (Å²) < 4.78 is 6.65. The van der Waals surface area contributed by atoms with Gasteiger partial charge in [-0.25, -0.2) is 4.98 Å². The predicted octanol–water partition coefficient (Wildman–Crippen LogP) is 6.80. The monoisotopic (exact) mass is 462 g/mol.